The molecule has 34 heavy (non-hydrogen) atoms. The summed E-state index contributed by atoms with van der Waals surface area (Å²) in [5.74, 6) is 0.349. The van der Waals surface area contributed by atoms with E-state index in [0.717, 1.165) is 37.3 Å². The number of piperazine rings is 1. The van der Waals surface area contributed by atoms with Crippen LogP contribution in [0.4, 0.5) is 17.2 Å². The lowest BCUT2D eigenvalue weighted by Crippen LogP contribution is -2.47. The fraction of sp³-hybridized carbons (Fsp3) is 0.280. The number of carbonyl (C=O) groups is 1. The molecule has 4 aromatic rings. The second-order valence-corrected chi connectivity index (χ2v) is 8.62. The van der Waals surface area contributed by atoms with Crippen molar-refractivity contribution in [3.05, 3.63) is 82.5 Å². The second kappa shape index (κ2) is 9.01. The lowest BCUT2D eigenvalue weighted by molar-refractivity contribution is -0.117. The highest BCUT2D eigenvalue weighted by molar-refractivity contribution is 5.90. The van der Waals surface area contributed by atoms with Gasteiger partial charge in [0.25, 0.3) is 0 Å². The summed E-state index contributed by atoms with van der Waals surface area (Å²) in [5.41, 5.74) is 4.12. The van der Waals surface area contributed by atoms with Crippen LogP contribution in [0.15, 0.2) is 65.7 Å². The number of benzene rings is 2. The Morgan fingerprint density at radius 3 is 2.35 bits per heavy atom. The molecule has 2 aromatic heterocycles. The van der Waals surface area contributed by atoms with Gasteiger partial charge in [0.1, 0.15) is 6.54 Å². The molecule has 9 heteroatoms. The maximum Gasteiger partial charge on any atom is 0.350 e. The van der Waals surface area contributed by atoms with Crippen molar-refractivity contribution < 1.29 is 4.79 Å². The molecule has 1 aliphatic rings. The quantitative estimate of drug-likeness (QED) is 0.495. The molecular formula is C25H27N7O2. The highest BCUT2D eigenvalue weighted by Crippen LogP contribution is 2.21. The number of nitrogens with zero attached hydrogens (tertiary/aromatic N) is 6. The Labute approximate surface area is 197 Å². The summed E-state index contributed by atoms with van der Waals surface area (Å²) in [6.07, 6.45) is 3.20. The second-order valence-electron chi connectivity index (χ2n) is 8.62. The number of carbonyl (C=O) groups excluding carboxylic acids is 1. The van der Waals surface area contributed by atoms with Gasteiger partial charge in [0.2, 0.25) is 11.6 Å². The highest BCUT2D eigenvalue weighted by atomic mass is 16.2. The van der Waals surface area contributed by atoms with Gasteiger partial charge in [0.05, 0.1) is 0 Å². The topological polar surface area (TPSA) is 87.8 Å². The van der Waals surface area contributed by atoms with Crippen molar-refractivity contribution in [2.24, 2.45) is 0 Å². The normalized spacial score (nSPS) is 13.9. The predicted octanol–water partition coefficient (Wildman–Crippen LogP) is 2.47. The van der Waals surface area contributed by atoms with Crippen molar-refractivity contribution in [1.29, 1.82) is 0 Å². The molecule has 0 atom stereocenters. The number of aryl methyl sites for hydroxylation is 2. The Bertz CT molecular complexity index is 1370. The molecule has 1 saturated heterocycles. The van der Waals surface area contributed by atoms with E-state index in [0.29, 0.717) is 17.2 Å². The third-order valence-electron chi connectivity index (χ3n) is 5.98. The molecule has 0 radical (unpaired) electrons. The minimum absolute atomic E-state index is 0.172. The summed E-state index contributed by atoms with van der Waals surface area (Å²) in [4.78, 5) is 34.6. The average molecular weight is 458 g/mol. The van der Waals surface area contributed by atoms with Gasteiger partial charge in [-0.2, -0.15) is 0 Å². The van der Waals surface area contributed by atoms with E-state index in [9.17, 15) is 9.59 Å². The number of hydrogen-bond acceptors (Lipinski definition) is 6. The van der Waals surface area contributed by atoms with Gasteiger partial charge >= 0.3 is 5.69 Å². The zero-order valence-electron chi connectivity index (χ0n) is 19.3. The van der Waals surface area contributed by atoms with Crippen molar-refractivity contribution >= 4 is 28.7 Å². The standard InChI is InChI=1S/C25H27N7O2/c1-18-14-19(2)16-20(15-18)27-22(33)17-32-25(34)31-9-8-26-23(24(31)28-32)30-12-10-29(11-13-30)21-6-4-3-5-7-21/h3-9,14-16H,10-13,17H2,1-2H3,(H,27,33). The third-order valence-corrected chi connectivity index (χ3v) is 5.98. The Kier molecular flexibility index (Phi) is 5.75. The first kappa shape index (κ1) is 21.7. The van der Waals surface area contributed by atoms with Gasteiger partial charge in [-0.05, 0) is 49.2 Å². The molecule has 0 saturated carbocycles. The lowest BCUT2D eigenvalue weighted by atomic mass is 10.1. The van der Waals surface area contributed by atoms with Crippen LogP contribution in [-0.2, 0) is 11.3 Å². The predicted molar refractivity (Wildman–Crippen MR) is 133 cm³/mol. The summed E-state index contributed by atoms with van der Waals surface area (Å²) >= 11 is 0. The molecule has 0 bridgehead atoms. The van der Waals surface area contributed by atoms with Crippen LogP contribution in [0.1, 0.15) is 11.1 Å². The van der Waals surface area contributed by atoms with E-state index in [2.05, 4.69) is 37.3 Å². The average Bonchev–Trinajstić information content (AvgIpc) is 3.14. The smallest absolute Gasteiger partial charge is 0.350 e. The molecule has 3 heterocycles. The van der Waals surface area contributed by atoms with Gasteiger partial charge in [-0.1, -0.05) is 24.3 Å². The number of hydrogen-bond donors (Lipinski definition) is 1. The lowest BCUT2D eigenvalue weighted by Gasteiger charge is -2.36. The van der Waals surface area contributed by atoms with Gasteiger partial charge in [-0.3, -0.25) is 4.79 Å². The van der Waals surface area contributed by atoms with Crippen LogP contribution in [0.2, 0.25) is 0 Å². The van der Waals surface area contributed by atoms with E-state index >= 15 is 0 Å². The summed E-state index contributed by atoms with van der Waals surface area (Å²) in [6, 6.07) is 16.1. The Morgan fingerprint density at radius 2 is 1.65 bits per heavy atom. The minimum Gasteiger partial charge on any atom is -0.368 e. The molecule has 0 unspecified atom stereocenters. The zero-order valence-corrected chi connectivity index (χ0v) is 19.3. The van der Waals surface area contributed by atoms with Crippen LogP contribution < -0.4 is 20.8 Å². The molecule has 9 nitrogen and oxygen atoms in total. The van der Waals surface area contributed by atoms with E-state index in [1.54, 1.807) is 12.4 Å². The first-order valence-electron chi connectivity index (χ1n) is 11.4. The molecule has 5 rings (SSSR count). The van der Waals surface area contributed by atoms with Crippen molar-refractivity contribution in [2.45, 2.75) is 20.4 Å². The SMILES string of the molecule is Cc1cc(C)cc(NC(=O)Cn2nc3c(N4CCN(c5ccccc5)CC4)nccn3c2=O)c1. The fourth-order valence-corrected chi connectivity index (χ4v) is 4.46. The van der Waals surface area contributed by atoms with Crippen LogP contribution in [-0.4, -0.2) is 51.3 Å². The molecule has 1 N–H and O–H groups in total. The van der Waals surface area contributed by atoms with E-state index in [-0.39, 0.29) is 18.1 Å². The van der Waals surface area contributed by atoms with Crippen molar-refractivity contribution in [3.8, 4) is 0 Å². The van der Waals surface area contributed by atoms with Gasteiger partial charge in [-0.25, -0.2) is 18.9 Å². The van der Waals surface area contributed by atoms with Gasteiger partial charge in [0.15, 0.2) is 5.82 Å². The number of amides is 1. The van der Waals surface area contributed by atoms with Crippen LogP contribution in [0.5, 0.6) is 0 Å². The van der Waals surface area contributed by atoms with Crippen LogP contribution in [0, 0.1) is 13.8 Å². The molecule has 2 aromatic carbocycles. The Hall–Kier alpha value is -4.14. The van der Waals surface area contributed by atoms with E-state index in [1.165, 1.54) is 14.8 Å². The van der Waals surface area contributed by atoms with E-state index in [4.69, 9.17) is 0 Å². The van der Waals surface area contributed by atoms with Gasteiger partial charge in [-0.15, -0.1) is 5.10 Å². The number of aromatic nitrogens is 4. The highest BCUT2D eigenvalue weighted by Gasteiger charge is 2.22. The fourth-order valence-electron chi connectivity index (χ4n) is 4.46. The van der Waals surface area contributed by atoms with Crippen molar-refractivity contribution in [1.82, 2.24) is 19.2 Å². The van der Waals surface area contributed by atoms with Gasteiger partial charge < -0.3 is 15.1 Å². The zero-order chi connectivity index (χ0) is 23.7. The van der Waals surface area contributed by atoms with Crippen LogP contribution >= 0.6 is 0 Å². The van der Waals surface area contributed by atoms with E-state index in [1.807, 2.05) is 50.2 Å². The largest absolute Gasteiger partial charge is 0.368 e. The van der Waals surface area contributed by atoms with Crippen LogP contribution in [0.25, 0.3) is 5.65 Å². The molecule has 1 aliphatic heterocycles. The summed E-state index contributed by atoms with van der Waals surface area (Å²) < 4.78 is 2.65. The first-order chi connectivity index (χ1) is 16.5. The number of anilines is 3. The molecule has 174 valence electrons. The summed E-state index contributed by atoms with van der Waals surface area (Å²) in [6.45, 7) is 6.99. The monoisotopic (exact) mass is 457 g/mol. The number of rotatable bonds is 5. The van der Waals surface area contributed by atoms with E-state index < -0.39 is 0 Å². The molecule has 0 spiro atoms. The third kappa shape index (κ3) is 4.36. The maximum atomic E-state index is 12.9. The number of fused-ring (bicyclic) bond motifs is 1. The first-order valence-corrected chi connectivity index (χ1v) is 11.4. The summed E-state index contributed by atoms with van der Waals surface area (Å²) in [5, 5.41) is 7.33. The molecule has 0 aliphatic carbocycles. The Balaban J connectivity index is 1.33. The summed E-state index contributed by atoms with van der Waals surface area (Å²) in [7, 11) is 0. The minimum atomic E-state index is -0.364. The van der Waals surface area contributed by atoms with Gasteiger partial charge in [0, 0.05) is 49.9 Å². The molecule has 1 fully saturated rings. The van der Waals surface area contributed by atoms with Crippen LogP contribution in [0.3, 0.4) is 0 Å². The maximum absolute atomic E-state index is 12.9. The number of nitrogens with one attached hydrogen (secondary N) is 1. The number of para-hydroxylation sites is 1. The van der Waals surface area contributed by atoms with Crippen molar-refractivity contribution in [3.63, 3.8) is 0 Å². The Morgan fingerprint density at radius 1 is 0.971 bits per heavy atom. The molecule has 1 amide bonds. The molecular weight excluding hydrogens is 430 g/mol. The van der Waals surface area contributed by atoms with Crippen molar-refractivity contribution in [2.75, 3.05) is 41.3 Å².